The van der Waals surface area contributed by atoms with Crippen LogP contribution in [0.1, 0.15) is 43.7 Å². The zero-order chi connectivity index (χ0) is 35.2. The molecular formula is C35H41F3N4O6S. The molecule has 0 unspecified atom stereocenters. The maximum absolute atomic E-state index is 15.4. The molecule has 0 spiro atoms. The Bertz CT molecular complexity index is 1740. The van der Waals surface area contributed by atoms with E-state index in [1.807, 2.05) is 6.92 Å². The lowest BCUT2D eigenvalue weighted by molar-refractivity contribution is -0.121. The first kappa shape index (κ1) is 36.3. The number of hydrogen-bond donors (Lipinski definition) is 3. The van der Waals surface area contributed by atoms with E-state index < -0.39 is 57.0 Å². The number of sulfonamides is 1. The molecule has 5 rings (SSSR count). The van der Waals surface area contributed by atoms with E-state index in [2.05, 4.69) is 16.0 Å². The second kappa shape index (κ2) is 15.7. The third kappa shape index (κ3) is 7.93. The number of carbonyl (C=O) groups excluding carboxylic acids is 2. The van der Waals surface area contributed by atoms with Crippen molar-refractivity contribution in [1.82, 2.24) is 14.9 Å². The van der Waals surface area contributed by atoms with Gasteiger partial charge in [0.1, 0.15) is 11.9 Å². The summed E-state index contributed by atoms with van der Waals surface area (Å²) in [6.45, 7) is 3.12. The van der Waals surface area contributed by atoms with Gasteiger partial charge in [0, 0.05) is 55.1 Å². The zero-order valence-electron chi connectivity index (χ0n) is 27.4. The SMILES string of the molecule is COC(=O)N[C@H](C(=O)Nc1cccc(F)c1CCC[C@H]1CNC[C@H](C)N1S(=O)(=O)c1ccccc1)C1(c2ccc(F)c(F)c2)CCOCC1. The first-order valence-corrected chi connectivity index (χ1v) is 17.7. The van der Waals surface area contributed by atoms with Gasteiger partial charge in [0.2, 0.25) is 15.9 Å². The van der Waals surface area contributed by atoms with E-state index in [9.17, 15) is 26.8 Å². The predicted molar refractivity (Wildman–Crippen MR) is 177 cm³/mol. The van der Waals surface area contributed by atoms with Gasteiger partial charge >= 0.3 is 6.09 Å². The molecule has 2 aliphatic heterocycles. The number of anilines is 1. The van der Waals surface area contributed by atoms with Crippen LogP contribution < -0.4 is 16.0 Å². The molecule has 3 aromatic carbocycles. The van der Waals surface area contributed by atoms with Crippen LogP contribution in [0, 0.1) is 17.5 Å². The van der Waals surface area contributed by atoms with Crippen LogP contribution in [-0.4, -0.2) is 76.3 Å². The first-order valence-electron chi connectivity index (χ1n) is 16.2. The molecule has 0 aromatic heterocycles. The van der Waals surface area contributed by atoms with Gasteiger partial charge in [0.05, 0.1) is 12.0 Å². The second-order valence-corrected chi connectivity index (χ2v) is 14.3. The summed E-state index contributed by atoms with van der Waals surface area (Å²) in [5.41, 5.74) is -0.554. The van der Waals surface area contributed by atoms with Gasteiger partial charge < -0.3 is 25.4 Å². The Kier molecular flexibility index (Phi) is 11.6. The number of piperazine rings is 1. The van der Waals surface area contributed by atoms with Crippen molar-refractivity contribution in [3.63, 3.8) is 0 Å². The molecule has 3 N–H and O–H groups in total. The number of alkyl carbamates (subject to hydrolysis) is 1. The minimum atomic E-state index is -3.79. The Morgan fingerprint density at radius 3 is 2.43 bits per heavy atom. The Hall–Kier alpha value is -3.98. The van der Waals surface area contributed by atoms with Crippen LogP contribution in [0.4, 0.5) is 23.7 Å². The summed E-state index contributed by atoms with van der Waals surface area (Å²) in [7, 11) is -2.65. The van der Waals surface area contributed by atoms with Crippen LogP contribution >= 0.6 is 0 Å². The van der Waals surface area contributed by atoms with E-state index >= 15 is 4.39 Å². The standard InChI is InChI=1S/C35H41F3N4O6S/c1-23-21-39-22-25(42(23)49(45,46)26-9-4-3-5-10-26)8-6-11-27-28(36)12-7-13-31(27)40-33(43)32(41-34(44)47-2)35(16-18-48-19-17-35)24-14-15-29(37)30(38)20-24/h3-5,7,9-10,12-15,20,23,25,32,39H,6,8,11,16-19,21-22H2,1-2H3,(H,40,43)(H,41,44)/t23-,25-,32+/m0/s1. The molecule has 0 radical (unpaired) electrons. The molecule has 2 saturated heterocycles. The van der Waals surface area contributed by atoms with Crippen molar-refractivity contribution in [2.75, 3.05) is 38.7 Å². The highest BCUT2D eigenvalue weighted by atomic mass is 32.2. The third-order valence-electron chi connectivity index (χ3n) is 9.42. The number of carbonyl (C=O) groups is 2. The zero-order valence-corrected chi connectivity index (χ0v) is 28.2. The van der Waals surface area contributed by atoms with Crippen molar-refractivity contribution < 1.29 is 40.7 Å². The van der Waals surface area contributed by atoms with Crippen molar-refractivity contribution in [3.05, 3.63) is 95.3 Å². The van der Waals surface area contributed by atoms with Gasteiger partial charge in [-0.2, -0.15) is 4.31 Å². The van der Waals surface area contributed by atoms with Crippen LogP contribution in [0.3, 0.4) is 0 Å². The maximum atomic E-state index is 15.4. The first-order chi connectivity index (χ1) is 23.5. The Morgan fingerprint density at radius 2 is 1.73 bits per heavy atom. The summed E-state index contributed by atoms with van der Waals surface area (Å²) < 4.78 is 83.0. The summed E-state index contributed by atoms with van der Waals surface area (Å²) in [5.74, 6) is -3.45. The van der Waals surface area contributed by atoms with Crippen LogP contribution in [0.2, 0.25) is 0 Å². The van der Waals surface area contributed by atoms with Gasteiger partial charge in [-0.15, -0.1) is 0 Å². The topological polar surface area (TPSA) is 126 Å². The smallest absolute Gasteiger partial charge is 0.407 e. The van der Waals surface area contributed by atoms with E-state index in [1.165, 1.54) is 28.6 Å². The highest BCUT2D eigenvalue weighted by Gasteiger charge is 2.47. The predicted octanol–water partition coefficient (Wildman–Crippen LogP) is 4.89. The number of methoxy groups -OCH3 is 1. The van der Waals surface area contributed by atoms with Gasteiger partial charge in [0.15, 0.2) is 11.6 Å². The maximum Gasteiger partial charge on any atom is 0.407 e. The molecular weight excluding hydrogens is 661 g/mol. The average molecular weight is 703 g/mol. The van der Waals surface area contributed by atoms with Crippen LogP contribution in [0.25, 0.3) is 0 Å². The van der Waals surface area contributed by atoms with E-state index in [-0.39, 0.29) is 60.2 Å². The van der Waals surface area contributed by atoms with E-state index in [0.717, 1.165) is 19.2 Å². The number of rotatable bonds is 11. The van der Waals surface area contributed by atoms with Crippen LogP contribution in [0.15, 0.2) is 71.6 Å². The monoisotopic (exact) mass is 702 g/mol. The fourth-order valence-electron chi connectivity index (χ4n) is 6.94. The Balaban J connectivity index is 1.38. The number of nitrogens with zero attached hydrogens (tertiary/aromatic N) is 1. The minimum absolute atomic E-state index is 0.165. The summed E-state index contributed by atoms with van der Waals surface area (Å²) >= 11 is 0. The molecule has 0 bridgehead atoms. The average Bonchev–Trinajstić information content (AvgIpc) is 3.10. The third-order valence-corrected chi connectivity index (χ3v) is 11.5. The number of halogens is 3. The molecule has 2 heterocycles. The molecule has 2 amide bonds. The van der Waals surface area contributed by atoms with Gasteiger partial charge in [0.25, 0.3) is 0 Å². The minimum Gasteiger partial charge on any atom is -0.453 e. The Morgan fingerprint density at radius 1 is 1.00 bits per heavy atom. The number of nitrogens with one attached hydrogen (secondary N) is 3. The lowest BCUT2D eigenvalue weighted by atomic mass is 9.68. The summed E-state index contributed by atoms with van der Waals surface area (Å²) in [6.07, 6.45) is 0.432. The normalized spacial score (nSPS) is 20.3. The van der Waals surface area contributed by atoms with Crippen molar-refractivity contribution in [1.29, 1.82) is 0 Å². The fraction of sp³-hybridized carbons (Fsp3) is 0.429. The van der Waals surface area contributed by atoms with Crippen LogP contribution in [0.5, 0.6) is 0 Å². The van der Waals surface area contributed by atoms with E-state index in [1.54, 1.807) is 30.3 Å². The van der Waals surface area contributed by atoms with E-state index in [4.69, 9.17) is 9.47 Å². The quantitative estimate of drug-likeness (QED) is 0.260. The van der Waals surface area contributed by atoms with Crippen LogP contribution in [-0.2, 0) is 36.1 Å². The summed E-state index contributed by atoms with van der Waals surface area (Å²) in [5, 5.41) is 8.64. The van der Waals surface area contributed by atoms with E-state index in [0.29, 0.717) is 25.9 Å². The molecule has 2 fully saturated rings. The van der Waals surface area contributed by atoms with Crippen molar-refractivity contribution >= 4 is 27.7 Å². The lowest BCUT2D eigenvalue weighted by Crippen LogP contribution is -2.58. The molecule has 2 aliphatic rings. The van der Waals surface area contributed by atoms with Gasteiger partial charge in [-0.25, -0.2) is 26.4 Å². The number of ether oxygens (including phenoxy) is 2. The molecule has 3 atom stereocenters. The highest BCUT2D eigenvalue weighted by molar-refractivity contribution is 7.89. The summed E-state index contributed by atoms with van der Waals surface area (Å²) in [4.78, 5) is 26.9. The number of benzene rings is 3. The molecule has 0 saturated carbocycles. The molecule has 49 heavy (non-hydrogen) atoms. The van der Waals surface area contributed by atoms with Crippen molar-refractivity contribution in [2.45, 2.75) is 67.5 Å². The number of amides is 2. The highest BCUT2D eigenvalue weighted by Crippen LogP contribution is 2.40. The molecule has 14 heteroatoms. The fourth-order valence-corrected chi connectivity index (χ4v) is 8.81. The Labute approximate surface area is 284 Å². The molecule has 3 aromatic rings. The van der Waals surface area contributed by atoms with Crippen molar-refractivity contribution in [3.8, 4) is 0 Å². The largest absolute Gasteiger partial charge is 0.453 e. The molecule has 0 aliphatic carbocycles. The summed E-state index contributed by atoms with van der Waals surface area (Å²) in [6, 6.07) is 13.8. The molecule has 10 nitrogen and oxygen atoms in total. The van der Waals surface area contributed by atoms with Gasteiger partial charge in [-0.1, -0.05) is 30.3 Å². The van der Waals surface area contributed by atoms with Gasteiger partial charge in [-0.05, 0) is 81.0 Å². The number of hydrogen-bond acceptors (Lipinski definition) is 7. The second-order valence-electron chi connectivity index (χ2n) is 12.4. The van der Waals surface area contributed by atoms with Crippen molar-refractivity contribution in [2.24, 2.45) is 0 Å². The molecule has 264 valence electrons. The van der Waals surface area contributed by atoms with Gasteiger partial charge in [-0.3, -0.25) is 4.79 Å². The lowest BCUT2D eigenvalue weighted by Gasteiger charge is -2.43.